The van der Waals surface area contributed by atoms with Crippen molar-refractivity contribution in [2.75, 3.05) is 26.9 Å². The van der Waals surface area contributed by atoms with Crippen LogP contribution in [0.15, 0.2) is 29.2 Å². The Balaban J connectivity index is 1.84. The summed E-state index contributed by atoms with van der Waals surface area (Å²) in [5, 5.41) is 2.81. The molecular weight excluding hydrogens is 308 g/mol. The summed E-state index contributed by atoms with van der Waals surface area (Å²) in [6.07, 6.45) is 2.04. The minimum atomic E-state index is -3.55. The van der Waals surface area contributed by atoms with E-state index in [1.54, 1.807) is 0 Å². The van der Waals surface area contributed by atoms with E-state index in [2.05, 4.69) is 10.0 Å². The molecular formula is C14H20N2O5S. The zero-order valence-electron chi connectivity index (χ0n) is 12.4. The SMILES string of the molecule is COCCNS(=O)(=O)c1ccc(OCC(=O)NC2CC2)cc1. The lowest BCUT2D eigenvalue weighted by atomic mass is 10.3. The monoisotopic (exact) mass is 328 g/mol. The number of hydrogen-bond donors (Lipinski definition) is 2. The molecule has 1 aromatic carbocycles. The van der Waals surface area contributed by atoms with E-state index < -0.39 is 10.0 Å². The molecule has 0 heterocycles. The van der Waals surface area contributed by atoms with Gasteiger partial charge in [-0.3, -0.25) is 4.79 Å². The van der Waals surface area contributed by atoms with Crippen LogP contribution in [-0.4, -0.2) is 47.2 Å². The summed E-state index contributed by atoms with van der Waals surface area (Å²) < 4.78 is 36.4. The number of sulfonamides is 1. The molecule has 7 nitrogen and oxygen atoms in total. The third kappa shape index (κ3) is 5.28. The highest BCUT2D eigenvalue weighted by Gasteiger charge is 2.23. The number of hydrogen-bond acceptors (Lipinski definition) is 5. The molecule has 1 aromatic rings. The number of benzene rings is 1. The molecule has 8 heteroatoms. The second kappa shape index (κ2) is 7.57. The van der Waals surface area contributed by atoms with Gasteiger partial charge in [0.1, 0.15) is 5.75 Å². The normalized spacial score (nSPS) is 14.6. The topological polar surface area (TPSA) is 93.7 Å². The number of carbonyl (C=O) groups is 1. The van der Waals surface area contributed by atoms with Crippen LogP contribution in [0.25, 0.3) is 0 Å². The van der Waals surface area contributed by atoms with Crippen molar-refractivity contribution < 1.29 is 22.7 Å². The van der Waals surface area contributed by atoms with E-state index in [1.807, 2.05) is 0 Å². The summed E-state index contributed by atoms with van der Waals surface area (Å²) in [6, 6.07) is 6.21. The first-order valence-corrected chi connectivity index (χ1v) is 8.50. The summed E-state index contributed by atoms with van der Waals surface area (Å²) in [7, 11) is -2.05. The lowest BCUT2D eigenvalue weighted by Crippen LogP contribution is -2.30. The van der Waals surface area contributed by atoms with Crippen LogP contribution in [-0.2, 0) is 19.6 Å². The summed E-state index contributed by atoms with van der Waals surface area (Å²) in [5.74, 6) is 0.280. The average molecular weight is 328 g/mol. The van der Waals surface area contributed by atoms with Crippen LogP contribution >= 0.6 is 0 Å². The van der Waals surface area contributed by atoms with Gasteiger partial charge in [0.15, 0.2) is 6.61 Å². The lowest BCUT2D eigenvalue weighted by Gasteiger charge is -2.09. The van der Waals surface area contributed by atoms with E-state index in [9.17, 15) is 13.2 Å². The van der Waals surface area contributed by atoms with Gasteiger partial charge in [0, 0.05) is 19.7 Å². The number of ether oxygens (including phenoxy) is 2. The van der Waals surface area contributed by atoms with Gasteiger partial charge in [-0.05, 0) is 37.1 Å². The zero-order chi connectivity index (χ0) is 16.0. The van der Waals surface area contributed by atoms with Gasteiger partial charge in [0.25, 0.3) is 5.91 Å². The van der Waals surface area contributed by atoms with Crippen LogP contribution in [0.4, 0.5) is 0 Å². The molecule has 2 rings (SSSR count). The van der Waals surface area contributed by atoms with Crippen molar-refractivity contribution in [1.29, 1.82) is 0 Å². The van der Waals surface area contributed by atoms with E-state index in [0.29, 0.717) is 18.4 Å². The van der Waals surface area contributed by atoms with Gasteiger partial charge in [0.05, 0.1) is 11.5 Å². The number of amides is 1. The molecule has 0 aromatic heterocycles. The molecule has 1 aliphatic rings. The van der Waals surface area contributed by atoms with Gasteiger partial charge in [-0.15, -0.1) is 0 Å². The smallest absolute Gasteiger partial charge is 0.258 e. The Morgan fingerprint density at radius 1 is 1.27 bits per heavy atom. The van der Waals surface area contributed by atoms with Gasteiger partial charge in [-0.1, -0.05) is 0 Å². The van der Waals surface area contributed by atoms with Crippen molar-refractivity contribution in [3.05, 3.63) is 24.3 Å². The molecule has 2 N–H and O–H groups in total. The average Bonchev–Trinajstić information content (AvgIpc) is 3.30. The van der Waals surface area contributed by atoms with Gasteiger partial charge in [-0.2, -0.15) is 0 Å². The number of rotatable bonds is 9. The standard InChI is InChI=1S/C14H20N2O5S/c1-20-9-8-15-22(18,19)13-6-4-12(5-7-13)21-10-14(17)16-11-2-3-11/h4-7,11,15H,2-3,8-10H2,1H3,(H,16,17). The molecule has 122 valence electrons. The maximum atomic E-state index is 11.9. The van der Waals surface area contributed by atoms with Crippen molar-refractivity contribution in [3.8, 4) is 5.75 Å². The first-order valence-electron chi connectivity index (χ1n) is 7.02. The first kappa shape index (κ1) is 16.7. The minimum absolute atomic E-state index is 0.0747. The van der Waals surface area contributed by atoms with Crippen LogP contribution in [0.1, 0.15) is 12.8 Å². The van der Waals surface area contributed by atoms with Crippen LogP contribution < -0.4 is 14.8 Å². The Kier molecular flexibility index (Phi) is 5.76. The van der Waals surface area contributed by atoms with E-state index >= 15 is 0 Å². The van der Waals surface area contributed by atoms with Crippen molar-refractivity contribution in [1.82, 2.24) is 10.0 Å². The van der Waals surface area contributed by atoms with Gasteiger partial charge in [0.2, 0.25) is 10.0 Å². The quantitative estimate of drug-likeness (QED) is 0.635. The summed E-state index contributed by atoms with van der Waals surface area (Å²) in [6.45, 7) is 0.434. The molecule has 1 fully saturated rings. The van der Waals surface area contributed by atoms with Crippen LogP contribution in [0.3, 0.4) is 0 Å². The van der Waals surface area contributed by atoms with Crippen LogP contribution in [0, 0.1) is 0 Å². The fourth-order valence-corrected chi connectivity index (χ4v) is 2.74. The maximum absolute atomic E-state index is 11.9. The fraction of sp³-hybridized carbons (Fsp3) is 0.500. The predicted molar refractivity (Wildman–Crippen MR) is 80.2 cm³/mol. The van der Waals surface area contributed by atoms with E-state index in [-0.39, 0.29) is 24.0 Å². The molecule has 1 saturated carbocycles. The molecule has 0 unspecified atom stereocenters. The molecule has 22 heavy (non-hydrogen) atoms. The molecule has 0 bridgehead atoms. The largest absolute Gasteiger partial charge is 0.484 e. The third-order valence-electron chi connectivity index (χ3n) is 3.04. The maximum Gasteiger partial charge on any atom is 0.258 e. The Labute approximate surface area is 130 Å². The molecule has 0 radical (unpaired) electrons. The van der Waals surface area contributed by atoms with Crippen molar-refractivity contribution in [2.45, 2.75) is 23.8 Å². The molecule has 1 aliphatic carbocycles. The fourth-order valence-electron chi connectivity index (χ4n) is 1.72. The second-order valence-corrected chi connectivity index (χ2v) is 6.76. The molecule has 0 aliphatic heterocycles. The van der Waals surface area contributed by atoms with Crippen molar-refractivity contribution >= 4 is 15.9 Å². The van der Waals surface area contributed by atoms with Gasteiger partial charge >= 0.3 is 0 Å². The zero-order valence-corrected chi connectivity index (χ0v) is 13.2. The molecule has 1 amide bonds. The third-order valence-corrected chi connectivity index (χ3v) is 4.52. The van der Waals surface area contributed by atoms with Crippen LogP contribution in [0.2, 0.25) is 0 Å². The molecule has 0 atom stereocenters. The first-order chi connectivity index (χ1) is 10.5. The number of nitrogens with one attached hydrogen (secondary N) is 2. The Morgan fingerprint density at radius 2 is 1.95 bits per heavy atom. The van der Waals surface area contributed by atoms with Crippen molar-refractivity contribution in [2.24, 2.45) is 0 Å². The highest BCUT2D eigenvalue weighted by atomic mass is 32.2. The van der Waals surface area contributed by atoms with Crippen LogP contribution in [0.5, 0.6) is 5.75 Å². The van der Waals surface area contributed by atoms with Gasteiger partial charge in [-0.25, -0.2) is 13.1 Å². The second-order valence-electron chi connectivity index (χ2n) is 4.99. The van der Waals surface area contributed by atoms with Crippen molar-refractivity contribution in [3.63, 3.8) is 0 Å². The molecule has 0 saturated heterocycles. The minimum Gasteiger partial charge on any atom is -0.484 e. The van der Waals surface area contributed by atoms with E-state index in [1.165, 1.54) is 31.4 Å². The van der Waals surface area contributed by atoms with E-state index in [0.717, 1.165) is 12.8 Å². The highest BCUT2D eigenvalue weighted by Crippen LogP contribution is 2.19. The lowest BCUT2D eigenvalue weighted by molar-refractivity contribution is -0.123. The Bertz CT molecular complexity index is 596. The summed E-state index contributed by atoms with van der Waals surface area (Å²) >= 11 is 0. The van der Waals surface area contributed by atoms with E-state index in [4.69, 9.17) is 9.47 Å². The highest BCUT2D eigenvalue weighted by molar-refractivity contribution is 7.89. The number of methoxy groups -OCH3 is 1. The summed E-state index contributed by atoms with van der Waals surface area (Å²) in [4.78, 5) is 11.6. The summed E-state index contributed by atoms with van der Waals surface area (Å²) in [5.41, 5.74) is 0. The molecule has 0 spiro atoms. The number of carbonyl (C=O) groups excluding carboxylic acids is 1. The Hall–Kier alpha value is -1.64. The van der Waals surface area contributed by atoms with Gasteiger partial charge < -0.3 is 14.8 Å². The predicted octanol–water partition coefficient (Wildman–Crippen LogP) is 0.269. The Morgan fingerprint density at radius 3 is 2.55 bits per heavy atom.